The standard InChI is InChI=1S/C20H24F3N5O4/c1-24-17(30)4-6-28(11-29)19-13-7-15(21)12(8-16(13)26(2)25-19)14-3-5-27(9-18(31)32)10-20(14,22)23/h7-8,11,14H,3-6,9-10H2,1-2H3,(H,24,30)(H,31,32). The van der Waals surface area contributed by atoms with Gasteiger partial charge in [-0.1, -0.05) is 0 Å². The van der Waals surface area contributed by atoms with Crippen LogP contribution in [0.3, 0.4) is 0 Å². The summed E-state index contributed by atoms with van der Waals surface area (Å²) in [4.78, 5) is 36.2. The number of anilines is 1. The number of halogens is 3. The van der Waals surface area contributed by atoms with E-state index in [0.29, 0.717) is 11.9 Å². The highest BCUT2D eigenvalue weighted by molar-refractivity contribution is 5.96. The Morgan fingerprint density at radius 1 is 1.41 bits per heavy atom. The number of likely N-dealkylation sites (tertiary alicyclic amines) is 1. The second-order valence-electron chi connectivity index (χ2n) is 7.77. The summed E-state index contributed by atoms with van der Waals surface area (Å²) in [7, 11) is 3.01. The zero-order valence-electron chi connectivity index (χ0n) is 17.6. The number of hydrogen-bond acceptors (Lipinski definition) is 5. The molecule has 174 valence electrons. The van der Waals surface area contributed by atoms with Crippen LogP contribution in [0.4, 0.5) is 19.0 Å². The molecule has 0 radical (unpaired) electrons. The molecule has 1 unspecified atom stereocenters. The molecule has 3 rings (SSSR count). The third kappa shape index (κ3) is 4.69. The number of alkyl halides is 2. The van der Waals surface area contributed by atoms with Crippen molar-refractivity contribution in [3.05, 3.63) is 23.5 Å². The molecular weight excluding hydrogens is 431 g/mol. The van der Waals surface area contributed by atoms with E-state index >= 15 is 4.39 Å². The number of carboxylic acids is 1. The van der Waals surface area contributed by atoms with E-state index in [4.69, 9.17) is 5.11 Å². The number of amides is 2. The summed E-state index contributed by atoms with van der Waals surface area (Å²) in [5, 5.41) is 15.8. The van der Waals surface area contributed by atoms with Crippen molar-refractivity contribution < 1.29 is 32.7 Å². The predicted octanol–water partition coefficient (Wildman–Crippen LogP) is 1.32. The smallest absolute Gasteiger partial charge is 0.317 e. The Labute approximate surface area is 181 Å². The number of rotatable bonds is 8. The molecule has 0 spiro atoms. The summed E-state index contributed by atoms with van der Waals surface area (Å²) in [5.41, 5.74) is 0.169. The molecule has 1 aromatic carbocycles. The molecule has 2 heterocycles. The summed E-state index contributed by atoms with van der Waals surface area (Å²) in [6.07, 6.45) is 0.373. The number of carboxylic acid groups (broad SMARTS) is 1. The van der Waals surface area contributed by atoms with Gasteiger partial charge in [0.2, 0.25) is 12.3 Å². The van der Waals surface area contributed by atoms with Gasteiger partial charge in [0.25, 0.3) is 5.92 Å². The van der Waals surface area contributed by atoms with Crippen molar-refractivity contribution in [2.75, 3.05) is 38.1 Å². The van der Waals surface area contributed by atoms with Gasteiger partial charge < -0.3 is 10.4 Å². The van der Waals surface area contributed by atoms with Crippen LogP contribution >= 0.6 is 0 Å². The molecule has 1 aliphatic heterocycles. The summed E-state index contributed by atoms with van der Waals surface area (Å²) in [6, 6.07) is 2.37. The normalized spacial score (nSPS) is 18.5. The quantitative estimate of drug-likeness (QED) is 0.582. The molecule has 9 nitrogen and oxygen atoms in total. The maximum Gasteiger partial charge on any atom is 0.317 e. The first-order valence-electron chi connectivity index (χ1n) is 9.98. The second-order valence-corrected chi connectivity index (χ2v) is 7.77. The van der Waals surface area contributed by atoms with Gasteiger partial charge in [0, 0.05) is 32.4 Å². The zero-order valence-corrected chi connectivity index (χ0v) is 17.6. The van der Waals surface area contributed by atoms with Crippen LogP contribution in [0.1, 0.15) is 24.3 Å². The predicted molar refractivity (Wildman–Crippen MR) is 109 cm³/mol. The minimum atomic E-state index is -3.33. The van der Waals surface area contributed by atoms with E-state index in [9.17, 15) is 23.2 Å². The molecule has 32 heavy (non-hydrogen) atoms. The Hall–Kier alpha value is -3.15. The number of nitrogens with zero attached hydrogens (tertiary/aromatic N) is 4. The summed E-state index contributed by atoms with van der Waals surface area (Å²) in [6.45, 7) is -1.18. The van der Waals surface area contributed by atoms with Gasteiger partial charge in [-0.25, -0.2) is 13.2 Å². The summed E-state index contributed by atoms with van der Waals surface area (Å²) < 4.78 is 46.0. The van der Waals surface area contributed by atoms with Gasteiger partial charge in [-0.2, -0.15) is 5.10 Å². The maximum atomic E-state index is 15.0. The Kier molecular flexibility index (Phi) is 6.72. The van der Waals surface area contributed by atoms with E-state index in [2.05, 4.69) is 10.4 Å². The van der Waals surface area contributed by atoms with Gasteiger partial charge in [0.1, 0.15) is 5.82 Å². The number of aliphatic carboxylic acids is 1. The third-order valence-electron chi connectivity index (χ3n) is 5.62. The fourth-order valence-electron chi connectivity index (χ4n) is 4.03. The molecule has 1 aromatic heterocycles. The molecule has 12 heteroatoms. The van der Waals surface area contributed by atoms with E-state index in [1.807, 2.05) is 0 Å². The number of nitrogens with one attached hydrogen (secondary N) is 1. The average molecular weight is 455 g/mol. The van der Waals surface area contributed by atoms with E-state index in [0.717, 1.165) is 15.9 Å². The average Bonchev–Trinajstić information content (AvgIpc) is 3.02. The number of carbonyl (C=O) groups is 3. The second kappa shape index (κ2) is 9.15. The highest BCUT2D eigenvalue weighted by Crippen LogP contribution is 2.42. The van der Waals surface area contributed by atoms with Crippen molar-refractivity contribution >= 4 is 35.0 Å². The topological polar surface area (TPSA) is 108 Å². The Balaban J connectivity index is 1.94. The van der Waals surface area contributed by atoms with Crippen molar-refractivity contribution in [1.29, 1.82) is 0 Å². The van der Waals surface area contributed by atoms with Crippen molar-refractivity contribution in [3.63, 3.8) is 0 Å². The lowest BCUT2D eigenvalue weighted by Crippen LogP contribution is -2.49. The maximum absolute atomic E-state index is 15.0. The van der Waals surface area contributed by atoms with Crippen molar-refractivity contribution in [2.24, 2.45) is 7.05 Å². The number of aryl methyl sites for hydroxylation is 1. The fraction of sp³-hybridized carbons (Fsp3) is 0.500. The highest BCUT2D eigenvalue weighted by atomic mass is 19.3. The van der Waals surface area contributed by atoms with Gasteiger partial charge in [-0.15, -0.1) is 0 Å². The van der Waals surface area contributed by atoms with Crippen LogP contribution in [0, 0.1) is 5.82 Å². The van der Waals surface area contributed by atoms with E-state index in [-0.39, 0.29) is 48.6 Å². The van der Waals surface area contributed by atoms with Crippen molar-refractivity contribution in [2.45, 2.75) is 24.7 Å². The Morgan fingerprint density at radius 2 is 2.12 bits per heavy atom. The van der Waals surface area contributed by atoms with Gasteiger partial charge in [-0.3, -0.25) is 28.9 Å². The Morgan fingerprint density at radius 3 is 2.72 bits per heavy atom. The number of fused-ring (bicyclic) bond motifs is 1. The lowest BCUT2D eigenvalue weighted by molar-refractivity contribution is -0.142. The lowest BCUT2D eigenvalue weighted by Gasteiger charge is -2.38. The largest absolute Gasteiger partial charge is 0.480 e. The minimum Gasteiger partial charge on any atom is -0.480 e. The lowest BCUT2D eigenvalue weighted by atomic mass is 9.85. The van der Waals surface area contributed by atoms with Gasteiger partial charge in [0.05, 0.1) is 24.5 Å². The molecule has 2 N–H and O–H groups in total. The molecule has 1 aliphatic rings. The number of hydrogen-bond donors (Lipinski definition) is 2. The Bertz CT molecular complexity index is 1040. The summed E-state index contributed by atoms with van der Waals surface area (Å²) >= 11 is 0. The first kappa shape index (κ1) is 23.5. The molecule has 0 saturated carbocycles. The molecule has 2 amide bonds. The number of piperidine rings is 1. The molecule has 1 atom stereocenters. The minimum absolute atomic E-state index is 0.00894. The van der Waals surface area contributed by atoms with Crippen LogP contribution < -0.4 is 10.2 Å². The molecular formula is C20H24F3N5O4. The monoisotopic (exact) mass is 455 g/mol. The van der Waals surface area contributed by atoms with Crippen LogP contribution in [-0.2, 0) is 21.4 Å². The molecule has 2 aromatic rings. The molecule has 1 saturated heterocycles. The number of carbonyl (C=O) groups excluding carboxylic acids is 2. The zero-order chi connectivity index (χ0) is 23.6. The van der Waals surface area contributed by atoms with E-state index in [1.54, 1.807) is 7.05 Å². The van der Waals surface area contributed by atoms with Gasteiger partial charge >= 0.3 is 5.97 Å². The van der Waals surface area contributed by atoms with Gasteiger partial charge in [0.15, 0.2) is 5.82 Å². The first-order chi connectivity index (χ1) is 15.1. The van der Waals surface area contributed by atoms with Crippen LogP contribution in [0.25, 0.3) is 10.9 Å². The number of benzene rings is 1. The van der Waals surface area contributed by atoms with Crippen LogP contribution in [-0.4, -0.2) is 77.2 Å². The fourth-order valence-corrected chi connectivity index (χ4v) is 4.03. The van der Waals surface area contributed by atoms with E-state index in [1.165, 1.54) is 17.8 Å². The third-order valence-corrected chi connectivity index (χ3v) is 5.62. The van der Waals surface area contributed by atoms with Crippen LogP contribution in [0.2, 0.25) is 0 Å². The van der Waals surface area contributed by atoms with E-state index < -0.39 is 36.7 Å². The van der Waals surface area contributed by atoms with Crippen molar-refractivity contribution in [3.8, 4) is 0 Å². The van der Waals surface area contributed by atoms with Gasteiger partial charge in [-0.05, 0) is 30.7 Å². The van der Waals surface area contributed by atoms with Crippen LogP contribution in [0.5, 0.6) is 0 Å². The molecule has 1 fully saturated rings. The van der Waals surface area contributed by atoms with Crippen molar-refractivity contribution in [1.82, 2.24) is 20.0 Å². The number of aromatic nitrogens is 2. The highest BCUT2D eigenvalue weighted by Gasteiger charge is 2.46. The first-order valence-corrected chi connectivity index (χ1v) is 9.98. The summed E-state index contributed by atoms with van der Waals surface area (Å²) in [5.74, 6) is -6.99. The SMILES string of the molecule is CNC(=O)CCN(C=O)c1nn(C)c2cc(C3CCN(CC(=O)O)CC3(F)F)c(F)cc12. The van der Waals surface area contributed by atoms with Crippen LogP contribution in [0.15, 0.2) is 12.1 Å². The molecule has 0 bridgehead atoms. The molecule has 0 aliphatic carbocycles.